The Labute approximate surface area is 116 Å². The van der Waals surface area contributed by atoms with Gasteiger partial charge in [-0.3, -0.25) is 4.68 Å². The Hall–Kier alpha value is -0.900. The molecule has 3 atom stereocenters. The largest absolute Gasteiger partial charge is 0.391 e. The first kappa shape index (κ1) is 14.5. The van der Waals surface area contributed by atoms with Crippen LogP contribution < -0.4 is 0 Å². The predicted octanol–water partition coefficient (Wildman–Crippen LogP) is 2.88. The van der Waals surface area contributed by atoms with E-state index in [1.165, 1.54) is 18.2 Å². The Balaban J connectivity index is 0.000000215. The quantitative estimate of drug-likeness (QED) is 0.890. The highest BCUT2D eigenvalue weighted by Gasteiger charge is 2.44. The van der Waals surface area contributed by atoms with Crippen LogP contribution in [-0.4, -0.2) is 26.0 Å². The van der Waals surface area contributed by atoms with Crippen LogP contribution >= 0.6 is 0 Å². The first-order chi connectivity index (χ1) is 9.03. The van der Waals surface area contributed by atoms with Crippen molar-refractivity contribution in [1.82, 2.24) is 14.8 Å². The van der Waals surface area contributed by atoms with Gasteiger partial charge in [-0.1, -0.05) is 27.2 Å². The molecule has 0 bridgehead atoms. The normalized spacial score (nSPS) is 25.7. The maximum absolute atomic E-state index is 9.99. The number of nitrogens with zero attached hydrogens (tertiary/aromatic N) is 3. The van der Waals surface area contributed by atoms with Gasteiger partial charge in [0.25, 0.3) is 0 Å². The summed E-state index contributed by atoms with van der Waals surface area (Å²) in [6, 6.07) is 0. The Morgan fingerprint density at radius 2 is 2.05 bits per heavy atom. The van der Waals surface area contributed by atoms with Gasteiger partial charge in [-0.05, 0) is 42.9 Å². The number of hydrogen-bond donors (Lipinski definition) is 1. The van der Waals surface area contributed by atoms with Crippen LogP contribution in [0.1, 0.15) is 52.9 Å². The molecule has 0 radical (unpaired) electrons. The van der Waals surface area contributed by atoms with E-state index >= 15 is 0 Å². The van der Waals surface area contributed by atoms with Gasteiger partial charge in [-0.15, -0.1) is 0 Å². The van der Waals surface area contributed by atoms with Crippen molar-refractivity contribution in [2.24, 2.45) is 17.3 Å². The molecule has 4 nitrogen and oxygen atoms in total. The summed E-state index contributed by atoms with van der Waals surface area (Å²) in [6.45, 7) is 6.81. The molecule has 108 valence electrons. The second kappa shape index (κ2) is 6.04. The number of fused-ring (bicyclic) bond motifs is 1. The van der Waals surface area contributed by atoms with Gasteiger partial charge in [-0.25, -0.2) is 4.98 Å². The van der Waals surface area contributed by atoms with Crippen LogP contribution in [0, 0.1) is 17.3 Å². The lowest BCUT2D eigenvalue weighted by molar-refractivity contribution is 0.0270. The highest BCUT2D eigenvalue weighted by atomic mass is 16.3. The molecule has 0 aliphatic heterocycles. The lowest BCUT2D eigenvalue weighted by Gasteiger charge is -2.29. The number of rotatable bonds is 5. The minimum atomic E-state index is -0.371. The standard InChI is InChI=1S/C10H19N3O.C5H8/c1-4-5-10(2,3)9(14)6-13-8-11-7-12-13;1-2-5-3-4(1)5/h7-9,14H,4-6H2,1-3H3;4-5H,1-3H2. The average Bonchev–Trinajstić information content (AvgIpc) is 2.76. The molecule has 2 saturated carbocycles. The fraction of sp³-hybridized carbons (Fsp3) is 0.867. The molecule has 0 saturated heterocycles. The van der Waals surface area contributed by atoms with Crippen molar-refractivity contribution in [3.05, 3.63) is 12.7 Å². The first-order valence-electron chi connectivity index (χ1n) is 7.53. The van der Waals surface area contributed by atoms with Crippen LogP contribution in [-0.2, 0) is 6.54 Å². The Bertz CT molecular complexity index is 363. The third-order valence-electron chi connectivity index (χ3n) is 4.60. The monoisotopic (exact) mass is 265 g/mol. The summed E-state index contributed by atoms with van der Waals surface area (Å²) >= 11 is 0. The van der Waals surface area contributed by atoms with Gasteiger partial charge in [0, 0.05) is 0 Å². The van der Waals surface area contributed by atoms with Gasteiger partial charge in [-0.2, -0.15) is 5.10 Å². The second-order valence-electron chi connectivity index (χ2n) is 6.71. The smallest absolute Gasteiger partial charge is 0.137 e. The first-order valence-corrected chi connectivity index (χ1v) is 7.53. The lowest BCUT2D eigenvalue weighted by atomic mass is 9.82. The molecular formula is C15H27N3O. The molecule has 1 heterocycles. The molecule has 2 aliphatic rings. The molecule has 3 rings (SSSR count). The molecule has 0 amide bonds. The lowest BCUT2D eigenvalue weighted by Crippen LogP contribution is -2.33. The zero-order chi connectivity index (χ0) is 13.9. The number of hydrogen-bond acceptors (Lipinski definition) is 3. The Kier molecular flexibility index (Phi) is 4.61. The fourth-order valence-electron chi connectivity index (χ4n) is 2.75. The van der Waals surface area contributed by atoms with Crippen molar-refractivity contribution in [3.8, 4) is 0 Å². The minimum Gasteiger partial charge on any atom is -0.391 e. The summed E-state index contributed by atoms with van der Waals surface area (Å²) in [5, 5.41) is 14.0. The molecule has 3 unspecified atom stereocenters. The van der Waals surface area contributed by atoms with Crippen LogP contribution in [0.5, 0.6) is 0 Å². The summed E-state index contributed by atoms with van der Waals surface area (Å²) in [5.41, 5.74) is -0.0549. The van der Waals surface area contributed by atoms with E-state index in [4.69, 9.17) is 0 Å². The third-order valence-corrected chi connectivity index (χ3v) is 4.60. The molecule has 1 N–H and O–H groups in total. The zero-order valence-corrected chi connectivity index (χ0v) is 12.4. The summed E-state index contributed by atoms with van der Waals surface area (Å²) in [6.07, 6.45) is 9.55. The van der Waals surface area contributed by atoms with Crippen molar-refractivity contribution in [1.29, 1.82) is 0 Å². The average molecular weight is 265 g/mol. The van der Waals surface area contributed by atoms with Gasteiger partial charge < -0.3 is 5.11 Å². The minimum absolute atomic E-state index is 0.0549. The van der Waals surface area contributed by atoms with Crippen molar-refractivity contribution < 1.29 is 5.11 Å². The highest BCUT2D eigenvalue weighted by Crippen LogP contribution is 2.55. The van der Waals surface area contributed by atoms with Gasteiger partial charge in [0.05, 0.1) is 12.6 Å². The second-order valence-corrected chi connectivity index (χ2v) is 6.71. The van der Waals surface area contributed by atoms with E-state index in [9.17, 15) is 5.11 Å². The summed E-state index contributed by atoms with van der Waals surface area (Å²) in [5.74, 6) is 2.46. The maximum Gasteiger partial charge on any atom is 0.137 e. The van der Waals surface area contributed by atoms with E-state index in [0.29, 0.717) is 6.54 Å². The molecule has 0 aromatic carbocycles. The van der Waals surface area contributed by atoms with Crippen LogP contribution in [0.25, 0.3) is 0 Å². The van der Waals surface area contributed by atoms with Crippen molar-refractivity contribution in [2.75, 3.05) is 0 Å². The molecule has 1 aromatic rings. The SMILES string of the molecule is C1CC2CC12.CCCC(C)(C)C(O)Cn1cncn1. The zero-order valence-electron chi connectivity index (χ0n) is 12.4. The van der Waals surface area contributed by atoms with Crippen LogP contribution in [0.3, 0.4) is 0 Å². The molecule has 0 spiro atoms. The third kappa shape index (κ3) is 4.03. The van der Waals surface area contributed by atoms with E-state index in [1.54, 1.807) is 30.3 Å². The van der Waals surface area contributed by atoms with E-state index in [0.717, 1.165) is 12.8 Å². The molecule has 2 aliphatic carbocycles. The van der Waals surface area contributed by atoms with Gasteiger partial charge in [0.15, 0.2) is 0 Å². The van der Waals surface area contributed by atoms with Crippen molar-refractivity contribution in [3.63, 3.8) is 0 Å². The number of aliphatic hydroxyl groups excluding tert-OH is 1. The van der Waals surface area contributed by atoms with Crippen LogP contribution in [0.15, 0.2) is 12.7 Å². The summed E-state index contributed by atoms with van der Waals surface area (Å²) < 4.78 is 1.67. The topological polar surface area (TPSA) is 50.9 Å². The predicted molar refractivity (Wildman–Crippen MR) is 75.5 cm³/mol. The van der Waals surface area contributed by atoms with Gasteiger partial charge in [0.1, 0.15) is 12.7 Å². The van der Waals surface area contributed by atoms with E-state index < -0.39 is 0 Å². The maximum atomic E-state index is 9.99. The van der Waals surface area contributed by atoms with Crippen LogP contribution in [0.2, 0.25) is 0 Å². The van der Waals surface area contributed by atoms with E-state index in [-0.39, 0.29) is 11.5 Å². The fourth-order valence-corrected chi connectivity index (χ4v) is 2.75. The van der Waals surface area contributed by atoms with Crippen LogP contribution in [0.4, 0.5) is 0 Å². The summed E-state index contributed by atoms with van der Waals surface area (Å²) in [4.78, 5) is 3.84. The molecular weight excluding hydrogens is 238 g/mol. The molecule has 19 heavy (non-hydrogen) atoms. The van der Waals surface area contributed by atoms with Gasteiger partial charge >= 0.3 is 0 Å². The number of aliphatic hydroxyl groups is 1. The molecule has 2 fully saturated rings. The molecule has 4 heteroatoms. The van der Waals surface area contributed by atoms with E-state index in [1.807, 2.05) is 0 Å². The summed E-state index contributed by atoms with van der Waals surface area (Å²) in [7, 11) is 0. The molecule has 1 aromatic heterocycles. The Morgan fingerprint density at radius 1 is 1.37 bits per heavy atom. The highest BCUT2D eigenvalue weighted by molar-refractivity contribution is 4.95. The Morgan fingerprint density at radius 3 is 2.42 bits per heavy atom. The van der Waals surface area contributed by atoms with Crippen molar-refractivity contribution >= 4 is 0 Å². The van der Waals surface area contributed by atoms with E-state index in [2.05, 4.69) is 30.9 Å². The van der Waals surface area contributed by atoms with Crippen molar-refractivity contribution in [2.45, 2.75) is 65.5 Å². The number of aromatic nitrogens is 3. The van der Waals surface area contributed by atoms with Gasteiger partial charge in [0.2, 0.25) is 0 Å².